The van der Waals surface area contributed by atoms with Gasteiger partial charge in [-0.1, -0.05) is 37.6 Å². The Kier molecular flexibility index (Phi) is 6.17. The zero-order valence-electron chi connectivity index (χ0n) is 15.7. The number of aldehydes is 1. The first-order chi connectivity index (χ1) is 13.6. The summed E-state index contributed by atoms with van der Waals surface area (Å²) in [7, 11) is 0. The van der Waals surface area contributed by atoms with Gasteiger partial charge in [0.15, 0.2) is 0 Å². The first kappa shape index (κ1) is 19.3. The van der Waals surface area contributed by atoms with Crippen molar-refractivity contribution in [2.24, 2.45) is 0 Å². The molecule has 0 heterocycles. The van der Waals surface area contributed by atoms with Gasteiger partial charge in [-0.25, -0.2) is 0 Å². The fraction of sp³-hybridized carbons (Fsp3) is 0.174. The summed E-state index contributed by atoms with van der Waals surface area (Å²) in [5, 5.41) is 7.20. The van der Waals surface area contributed by atoms with E-state index < -0.39 is 0 Å². The van der Waals surface area contributed by atoms with Crippen molar-refractivity contribution in [3.05, 3.63) is 77.4 Å². The monoisotopic (exact) mass is 374 g/mol. The van der Waals surface area contributed by atoms with Crippen molar-refractivity contribution in [2.45, 2.75) is 19.8 Å². The van der Waals surface area contributed by atoms with Crippen molar-refractivity contribution in [3.63, 3.8) is 0 Å². The summed E-state index contributed by atoms with van der Waals surface area (Å²) >= 11 is 0. The van der Waals surface area contributed by atoms with Gasteiger partial charge in [0.1, 0.15) is 6.29 Å². The topological polar surface area (TPSA) is 75.3 Å². The summed E-state index contributed by atoms with van der Waals surface area (Å²) in [6, 6.07) is 17.4. The van der Waals surface area contributed by atoms with E-state index in [4.69, 9.17) is 0 Å². The number of anilines is 1. The van der Waals surface area contributed by atoms with E-state index in [1.807, 2.05) is 18.2 Å². The minimum atomic E-state index is -0.307. The van der Waals surface area contributed by atoms with Crippen LogP contribution in [-0.4, -0.2) is 24.6 Å². The van der Waals surface area contributed by atoms with E-state index in [9.17, 15) is 14.4 Å². The molecule has 0 aromatic heterocycles. The Morgan fingerprint density at radius 2 is 1.54 bits per heavy atom. The molecule has 0 saturated heterocycles. The van der Waals surface area contributed by atoms with Gasteiger partial charge in [0.05, 0.1) is 0 Å². The molecule has 3 aromatic rings. The van der Waals surface area contributed by atoms with Crippen LogP contribution in [0.4, 0.5) is 5.69 Å². The van der Waals surface area contributed by atoms with Gasteiger partial charge in [-0.2, -0.15) is 0 Å². The molecule has 0 aliphatic carbocycles. The Morgan fingerprint density at radius 1 is 0.893 bits per heavy atom. The van der Waals surface area contributed by atoms with Gasteiger partial charge in [-0.05, 0) is 48.2 Å². The summed E-state index contributed by atoms with van der Waals surface area (Å²) in [4.78, 5) is 36.3. The summed E-state index contributed by atoms with van der Waals surface area (Å²) in [5.74, 6) is -0.493. The molecule has 0 unspecified atom stereocenters. The lowest BCUT2D eigenvalue weighted by molar-refractivity contribution is 0.0954. The molecule has 142 valence electrons. The van der Waals surface area contributed by atoms with Gasteiger partial charge in [0.2, 0.25) is 0 Å². The lowest BCUT2D eigenvalue weighted by Gasteiger charge is -2.12. The van der Waals surface area contributed by atoms with Gasteiger partial charge >= 0.3 is 0 Å². The molecular weight excluding hydrogens is 352 g/mol. The molecule has 0 saturated carbocycles. The van der Waals surface area contributed by atoms with Crippen LogP contribution in [0, 0.1) is 0 Å². The summed E-state index contributed by atoms with van der Waals surface area (Å²) in [6.07, 6.45) is 2.65. The van der Waals surface area contributed by atoms with Gasteiger partial charge in [-0.15, -0.1) is 0 Å². The number of fused-ring (bicyclic) bond motifs is 1. The van der Waals surface area contributed by atoms with E-state index in [1.165, 1.54) is 0 Å². The number of unbranched alkanes of at least 4 members (excludes halogenated alkanes) is 1. The fourth-order valence-electron chi connectivity index (χ4n) is 3.04. The lowest BCUT2D eigenvalue weighted by Crippen LogP contribution is -2.25. The van der Waals surface area contributed by atoms with Crippen LogP contribution in [0.1, 0.15) is 50.8 Å². The molecule has 2 N–H and O–H groups in total. The number of nitrogens with one attached hydrogen (secondary N) is 2. The Labute approximate surface area is 163 Å². The van der Waals surface area contributed by atoms with E-state index in [0.717, 1.165) is 24.5 Å². The van der Waals surface area contributed by atoms with Crippen LogP contribution < -0.4 is 10.6 Å². The summed E-state index contributed by atoms with van der Waals surface area (Å²) in [6.45, 7) is 2.66. The maximum Gasteiger partial charge on any atom is 0.256 e. The minimum absolute atomic E-state index is 0.186. The molecule has 0 bridgehead atoms. The average molecular weight is 374 g/mol. The molecule has 5 heteroatoms. The van der Waals surface area contributed by atoms with Crippen LogP contribution in [0.2, 0.25) is 0 Å². The van der Waals surface area contributed by atoms with E-state index in [1.54, 1.807) is 42.5 Å². The highest BCUT2D eigenvalue weighted by Gasteiger charge is 2.17. The third-order valence-corrected chi connectivity index (χ3v) is 4.51. The van der Waals surface area contributed by atoms with Crippen molar-refractivity contribution in [1.29, 1.82) is 0 Å². The van der Waals surface area contributed by atoms with Crippen molar-refractivity contribution in [3.8, 4) is 0 Å². The lowest BCUT2D eigenvalue weighted by atomic mass is 9.98. The van der Waals surface area contributed by atoms with Crippen molar-refractivity contribution in [1.82, 2.24) is 5.32 Å². The Hall–Kier alpha value is -3.47. The molecule has 28 heavy (non-hydrogen) atoms. The minimum Gasteiger partial charge on any atom is -0.352 e. The number of carbonyl (C=O) groups excluding carboxylic acids is 3. The number of benzene rings is 3. The molecule has 0 spiro atoms. The standard InChI is InChI=1S/C23H22N2O3/c1-2-3-14-24-22(27)19-8-4-6-17-7-5-9-20(21(17)19)23(28)25-18-12-10-16(15-26)11-13-18/h4-13,15H,2-3,14H2,1H3,(H,24,27)(H,25,28). The first-order valence-electron chi connectivity index (χ1n) is 9.30. The molecule has 3 aromatic carbocycles. The quantitative estimate of drug-likeness (QED) is 0.474. The first-order valence-corrected chi connectivity index (χ1v) is 9.30. The summed E-state index contributed by atoms with van der Waals surface area (Å²) < 4.78 is 0. The third kappa shape index (κ3) is 4.26. The second-order valence-electron chi connectivity index (χ2n) is 6.51. The third-order valence-electron chi connectivity index (χ3n) is 4.51. The summed E-state index contributed by atoms with van der Waals surface area (Å²) in [5.41, 5.74) is 2.03. The number of hydrogen-bond donors (Lipinski definition) is 2. The molecule has 5 nitrogen and oxygen atoms in total. The highest BCUT2D eigenvalue weighted by molar-refractivity contribution is 6.18. The van der Waals surface area contributed by atoms with Gasteiger partial charge in [-0.3, -0.25) is 14.4 Å². The van der Waals surface area contributed by atoms with Crippen LogP contribution >= 0.6 is 0 Å². The highest BCUT2D eigenvalue weighted by Crippen LogP contribution is 2.24. The van der Waals surface area contributed by atoms with Crippen molar-refractivity contribution >= 4 is 34.6 Å². The molecule has 0 aliphatic rings. The predicted molar refractivity (Wildman–Crippen MR) is 111 cm³/mol. The number of hydrogen-bond acceptors (Lipinski definition) is 3. The SMILES string of the molecule is CCCCNC(=O)c1cccc2cccc(C(=O)Nc3ccc(C=O)cc3)c12. The van der Waals surface area contributed by atoms with Crippen molar-refractivity contribution in [2.75, 3.05) is 11.9 Å². The molecule has 0 radical (unpaired) electrons. The number of amides is 2. The average Bonchev–Trinajstić information content (AvgIpc) is 2.73. The van der Waals surface area contributed by atoms with E-state index >= 15 is 0 Å². The maximum absolute atomic E-state index is 12.9. The second kappa shape index (κ2) is 8.95. The molecule has 2 amide bonds. The Balaban J connectivity index is 1.94. The highest BCUT2D eigenvalue weighted by atomic mass is 16.2. The van der Waals surface area contributed by atoms with Crippen LogP contribution in [0.5, 0.6) is 0 Å². The van der Waals surface area contributed by atoms with E-state index in [2.05, 4.69) is 17.6 Å². The molecular formula is C23H22N2O3. The van der Waals surface area contributed by atoms with Crippen LogP contribution in [0.25, 0.3) is 10.8 Å². The van der Waals surface area contributed by atoms with Gasteiger partial charge in [0, 0.05) is 34.3 Å². The van der Waals surface area contributed by atoms with Crippen LogP contribution in [0.3, 0.4) is 0 Å². The smallest absolute Gasteiger partial charge is 0.256 e. The largest absolute Gasteiger partial charge is 0.352 e. The molecule has 0 aliphatic heterocycles. The maximum atomic E-state index is 12.9. The van der Waals surface area contributed by atoms with Gasteiger partial charge < -0.3 is 10.6 Å². The molecule has 3 rings (SSSR count). The number of carbonyl (C=O) groups is 3. The predicted octanol–water partition coefficient (Wildman–Crippen LogP) is 4.43. The second-order valence-corrected chi connectivity index (χ2v) is 6.51. The van der Waals surface area contributed by atoms with Gasteiger partial charge in [0.25, 0.3) is 11.8 Å². The fourth-order valence-corrected chi connectivity index (χ4v) is 3.04. The Bertz CT molecular complexity index is 1000. The van der Waals surface area contributed by atoms with Crippen molar-refractivity contribution < 1.29 is 14.4 Å². The zero-order valence-corrected chi connectivity index (χ0v) is 15.7. The molecule has 0 atom stereocenters. The Morgan fingerprint density at radius 3 is 2.14 bits per heavy atom. The van der Waals surface area contributed by atoms with Crippen LogP contribution in [-0.2, 0) is 0 Å². The molecule has 0 fully saturated rings. The van der Waals surface area contributed by atoms with Crippen LogP contribution in [0.15, 0.2) is 60.7 Å². The zero-order chi connectivity index (χ0) is 19.9. The van der Waals surface area contributed by atoms with E-state index in [-0.39, 0.29) is 11.8 Å². The number of rotatable bonds is 7. The van der Waals surface area contributed by atoms with E-state index in [0.29, 0.717) is 34.3 Å². The normalized spacial score (nSPS) is 10.5.